The van der Waals surface area contributed by atoms with Gasteiger partial charge in [0.05, 0.1) is 5.69 Å². The molecule has 0 aromatic heterocycles. The van der Waals surface area contributed by atoms with E-state index in [2.05, 4.69) is 5.32 Å². The first kappa shape index (κ1) is 9.64. The van der Waals surface area contributed by atoms with Crippen LogP contribution in [0.15, 0.2) is 18.2 Å². The van der Waals surface area contributed by atoms with Crippen molar-refractivity contribution in [2.45, 2.75) is 13.3 Å². The molecule has 0 fully saturated rings. The van der Waals surface area contributed by atoms with E-state index in [-0.39, 0.29) is 18.0 Å². The van der Waals surface area contributed by atoms with E-state index in [4.69, 9.17) is 0 Å². The lowest BCUT2D eigenvalue weighted by atomic mass is 10.3. The second-order valence-corrected chi connectivity index (χ2v) is 2.53. The van der Waals surface area contributed by atoms with Crippen molar-refractivity contribution in [3.63, 3.8) is 0 Å². The summed E-state index contributed by atoms with van der Waals surface area (Å²) in [6, 6.07) is 2.92. The molecule has 1 aromatic carbocycles. The lowest BCUT2D eigenvalue weighted by molar-refractivity contribution is -0.115. The van der Waals surface area contributed by atoms with Gasteiger partial charge in [-0.25, -0.2) is 8.78 Å². The van der Waals surface area contributed by atoms with Gasteiger partial charge in [-0.2, -0.15) is 0 Å². The van der Waals surface area contributed by atoms with E-state index >= 15 is 0 Å². The summed E-state index contributed by atoms with van der Waals surface area (Å²) in [6.45, 7) is 1.63. The van der Waals surface area contributed by atoms with E-state index in [1.165, 1.54) is 0 Å². The van der Waals surface area contributed by atoms with Gasteiger partial charge in [-0.1, -0.05) is 6.92 Å². The fourth-order valence-electron chi connectivity index (χ4n) is 0.832. The van der Waals surface area contributed by atoms with Crippen LogP contribution in [-0.2, 0) is 4.79 Å². The fourth-order valence-corrected chi connectivity index (χ4v) is 0.832. The van der Waals surface area contributed by atoms with E-state index in [1.807, 2.05) is 0 Å². The van der Waals surface area contributed by atoms with Crippen molar-refractivity contribution < 1.29 is 13.6 Å². The number of anilines is 1. The van der Waals surface area contributed by atoms with Crippen LogP contribution in [0.1, 0.15) is 13.3 Å². The van der Waals surface area contributed by atoms with Crippen molar-refractivity contribution >= 4 is 11.6 Å². The monoisotopic (exact) mass is 185 g/mol. The summed E-state index contributed by atoms with van der Waals surface area (Å²) in [5.74, 6) is -1.56. The molecule has 1 aromatic rings. The van der Waals surface area contributed by atoms with E-state index < -0.39 is 11.6 Å². The Bertz CT molecular complexity index is 325. The Morgan fingerprint density at radius 3 is 2.77 bits per heavy atom. The molecule has 0 aliphatic carbocycles. The van der Waals surface area contributed by atoms with E-state index in [1.54, 1.807) is 6.92 Å². The zero-order valence-electron chi connectivity index (χ0n) is 7.10. The number of nitrogens with one attached hydrogen (secondary N) is 1. The highest BCUT2D eigenvalue weighted by Gasteiger charge is 2.05. The number of hydrogen-bond donors (Lipinski definition) is 1. The molecule has 0 heterocycles. The normalized spacial score (nSPS) is 9.77. The number of carbonyl (C=O) groups is 1. The van der Waals surface area contributed by atoms with Gasteiger partial charge in [-0.15, -0.1) is 0 Å². The molecule has 0 saturated carbocycles. The zero-order valence-corrected chi connectivity index (χ0v) is 7.10. The van der Waals surface area contributed by atoms with Crippen LogP contribution in [0.3, 0.4) is 0 Å². The molecule has 0 aliphatic heterocycles. The lowest BCUT2D eigenvalue weighted by Gasteiger charge is -2.04. The van der Waals surface area contributed by atoms with Gasteiger partial charge in [0.1, 0.15) is 11.6 Å². The molecule has 13 heavy (non-hydrogen) atoms. The van der Waals surface area contributed by atoms with Crippen molar-refractivity contribution in [3.05, 3.63) is 29.8 Å². The predicted molar refractivity (Wildman–Crippen MR) is 45.3 cm³/mol. The molecule has 0 atom stereocenters. The van der Waals surface area contributed by atoms with Crippen LogP contribution in [0.25, 0.3) is 0 Å². The lowest BCUT2D eigenvalue weighted by Crippen LogP contribution is -2.10. The number of hydrogen-bond acceptors (Lipinski definition) is 1. The first-order valence-electron chi connectivity index (χ1n) is 3.88. The molecule has 0 bridgehead atoms. The Labute approximate surface area is 74.6 Å². The van der Waals surface area contributed by atoms with Crippen LogP contribution in [0, 0.1) is 11.6 Å². The highest BCUT2D eigenvalue weighted by atomic mass is 19.1. The maximum atomic E-state index is 12.9. The number of rotatable bonds is 2. The zero-order chi connectivity index (χ0) is 9.84. The Morgan fingerprint density at radius 2 is 2.15 bits per heavy atom. The van der Waals surface area contributed by atoms with Gasteiger partial charge in [-0.05, 0) is 12.1 Å². The maximum absolute atomic E-state index is 12.9. The molecule has 0 radical (unpaired) electrons. The van der Waals surface area contributed by atoms with Crippen molar-refractivity contribution in [2.75, 3.05) is 5.32 Å². The Balaban J connectivity index is 2.87. The van der Waals surface area contributed by atoms with Crippen LogP contribution >= 0.6 is 0 Å². The molecule has 2 nitrogen and oxygen atoms in total. The number of benzene rings is 1. The van der Waals surface area contributed by atoms with Crippen molar-refractivity contribution in [3.8, 4) is 0 Å². The fraction of sp³-hybridized carbons (Fsp3) is 0.222. The average molecular weight is 185 g/mol. The molecular weight excluding hydrogens is 176 g/mol. The van der Waals surface area contributed by atoms with Gasteiger partial charge in [-0.3, -0.25) is 4.79 Å². The summed E-state index contributed by atoms with van der Waals surface area (Å²) < 4.78 is 25.5. The highest BCUT2D eigenvalue weighted by molar-refractivity contribution is 5.90. The Hall–Kier alpha value is -1.45. The van der Waals surface area contributed by atoms with Crippen molar-refractivity contribution in [1.29, 1.82) is 0 Å². The third kappa shape index (κ3) is 2.50. The molecule has 1 rings (SSSR count). The third-order valence-corrected chi connectivity index (χ3v) is 1.52. The molecule has 0 spiro atoms. The van der Waals surface area contributed by atoms with Crippen LogP contribution in [0.5, 0.6) is 0 Å². The SMILES string of the molecule is CCC(=O)Nc1cc(F)ccc1F. The van der Waals surface area contributed by atoms with Gasteiger partial charge < -0.3 is 5.32 Å². The summed E-state index contributed by atoms with van der Waals surface area (Å²) in [5.41, 5.74) is -0.119. The molecule has 70 valence electrons. The smallest absolute Gasteiger partial charge is 0.224 e. The van der Waals surface area contributed by atoms with Crippen LogP contribution < -0.4 is 5.32 Å². The van der Waals surface area contributed by atoms with Crippen molar-refractivity contribution in [2.24, 2.45) is 0 Å². The average Bonchev–Trinajstić information content (AvgIpc) is 2.11. The van der Waals surface area contributed by atoms with Gasteiger partial charge in [0.2, 0.25) is 5.91 Å². The Kier molecular flexibility index (Phi) is 2.95. The minimum absolute atomic E-state index is 0.119. The quantitative estimate of drug-likeness (QED) is 0.752. The van der Waals surface area contributed by atoms with Gasteiger partial charge in [0, 0.05) is 12.5 Å². The number of amides is 1. The number of halogens is 2. The second-order valence-electron chi connectivity index (χ2n) is 2.53. The topological polar surface area (TPSA) is 29.1 Å². The standard InChI is InChI=1S/C9H9F2NO/c1-2-9(13)12-8-5-6(10)3-4-7(8)11/h3-5H,2H2,1H3,(H,12,13). The second kappa shape index (κ2) is 3.98. The molecule has 0 unspecified atom stereocenters. The largest absolute Gasteiger partial charge is 0.324 e. The summed E-state index contributed by atoms with van der Waals surface area (Å²) in [5, 5.41) is 2.25. The minimum atomic E-state index is -0.636. The predicted octanol–water partition coefficient (Wildman–Crippen LogP) is 2.31. The van der Waals surface area contributed by atoms with Crippen LogP contribution in [0.4, 0.5) is 14.5 Å². The first-order valence-corrected chi connectivity index (χ1v) is 3.88. The van der Waals surface area contributed by atoms with Gasteiger partial charge in [0.15, 0.2) is 0 Å². The first-order chi connectivity index (χ1) is 6.13. The highest BCUT2D eigenvalue weighted by Crippen LogP contribution is 2.15. The molecule has 1 amide bonds. The summed E-state index contributed by atoms with van der Waals surface area (Å²) in [4.78, 5) is 10.8. The minimum Gasteiger partial charge on any atom is -0.324 e. The summed E-state index contributed by atoms with van der Waals surface area (Å²) in [6.07, 6.45) is 0.232. The summed E-state index contributed by atoms with van der Waals surface area (Å²) >= 11 is 0. The molecule has 1 N–H and O–H groups in total. The van der Waals surface area contributed by atoms with Crippen LogP contribution in [-0.4, -0.2) is 5.91 Å². The van der Waals surface area contributed by atoms with Gasteiger partial charge >= 0.3 is 0 Å². The Morgan fingerprint density at radius 1 is 1.46 bits per heavy atom. The van der Waals surface area contributed by atoms with E-state index in [0.29, 0.717) is 0 Å². The van der Waals surface area contributed by atoms with E-state index in [0.717, 1.165) is 18.2 Å². The van der Waals surface area contributed by atoms with Crippen LogP contribution in [0.2, 0.25) is 0 Å². The molecular formula is C9H9F2NO. The summed E-state index contributed by atoms with van der Waals surface area (Å²) in [7, 11) is 0. The van der Waals surface area contributed by atoms with E-state index in [9.17, 15) is 13.6 Å². The number of carbonyl (C=O) groups excluding carboxylic acids is 1. The third-order valence-electron chi connectivity index (χ3n) is 1.52. The molecule has 0 saturated heterocycles. The maximum Gasteiger partial charge on any atom is 0.224 e. The molecule has 4 heteroatoms. The molecule has 0 aliphatic rings. The van der Waals surface area contributed by atoms with Crippen molar-refractivity contribution in [1.82, 2.24) is 0 Å². The van der Waals surface area contributed by atoms with Gasteiger partial charge in [0.25, 0.3) is 0 Å².